The van der Waals surface area contributed by atoms with Crippen LogP contribution in [-0.2, 0) is 14.4 Å². The summed E-state index contributed by atoms with van der Waals surface area (Å²) in [5.41, 5.74) is -0.0882. The average Bonchev–Trinajstić information content (AvgIpc) is 3.42. The van der Waals surface area contributed by atoms with Crippen molar-refractivity contribution in [3.05, 3.63) is 64.8 Å². The number of rotatable bonds is 4. The number of hydrogen-bond donors (Lipinski definition) is 2. The second kappa shape index (κ2) is 13.6. The highest BCUT2D eigenvalue weighted by Crippen LogP contribution is 2.24. The number of halogens is 7. The maximum atomic E-state index is 13.0. The minimum atomic E-state index is -5.19. The number of carbonyl (C=O) groups is 3. The molecule has 1 saturated heterocycles. The van der Waals surface area contributed by atoms with Crippen molar-refractivity contribution in [1.82, 2.24) is 0 Å². The zero-order chi connectivity index (χ0) is 31.0. The van der Waals surface area contributed by atoms with Crippen molar-refractivity contribution in [3.8, 4) is 17.2 Å². The number of carboxylic acids is 2. The molecule has 2 aromatic carbocycles. The summed E-state index contributed by atoms with van der Waals surface area (Å²) in [6.45, 7) is 0.920. The number of nitrogens with two attached hydrogens (primary N) is 1. The van der Waals surface area contributed by atoms with Gasteiger partial charge in [0, 0.05) is 18.9 Å². The quantitative estimate of drug-likeness (QED) is 0.261. The van der Waals surface area contributed by atoms with E-state index in [0.717, 1.165) is 19.4 Å². The van der Waals surface area contributed by atoms with E-state index in [0.29, 0.717) is 16.9 Å². The van der Waals surface area contributed by atoms with Crippen LogP contribution in [0.15, 0.2) is 57.9 Å². The van der Waals surface area contributed by atoms with Crippen molar-refractivity contribution in [2.45, 2.75) is 31.2 Å². The first kappa shape index (κ1) is 32.5. The smallest absolute Gasteiger partial charge is 0.490 e. The maximum absolute atomic E-state index is 13.0. The Kier molecular flexibility index (Phi) is 10.8. The zero-order valence-corrected chi connectivity index (χ0v) is 20.3. The van der Waals surface area contributed by atoms with Crippen molar-refractivity contribution in [3.63, 3.8) is 0 Å². The molecule has 0 unspecified atom stereocenters. The van der Waals surface area contributed by atoms with Gasteiger partial charge in [-0.3, -0.25) is 4.79 Å². The molecule has 222 valence electrons. The molecule has 0 radical (unpaired) electrons. The van der Waals surface area contributed by atoms with Gasteiger partial charge in [0.25, 0.3) is 0 Å². The Hall–Kier alpha value is -4.67. The van der Waals surface area contributed by atoms with Crippen molar-refractivity contribution in [2.75, 3.05) is 6.54 Å². The second-order valence-electron chi connectivity index (χ2n) is 7.93. The molecular formula is C24H18F7NO9. The summed E-state index contributed by atoms with van der Waals surface area (Å²) in [6.07, 6.45) is -7.31. The molecule has 4 rings (SSSR count). The molecule has 0 bridgehead atoms. The van der Waals surface area contributed by atoms with Gasteiger partial charge in [-0.05, 0) is 36.4 Å². The molecule has 10 nitrogen and oxygen atoms in total. The molecular weight excluding hydrogens is 579 g/mol. The molecule has 1 aromatic heterocycles. The Balaban J connectivity index is 0.000000349. The fraction of sp³-hybridized carbons (Fsp3) is 0.250. The van der Waals surface area contributed by atoms with Crippen molar-refractivity contribution < 1.29 is 74.5 Å². The topological polar surface area (TPSA) is 160 Å². The van der Waals surface area contributed by atoms with Crippen LogP contribution < -0.4 is 25.3 Å². The van der Waals surface area contributed by atoms with Crippen molar-refractivity contribution in [1.29, 1.82) is 0 Å². The average molecular weight is 597 g/mol. The summed E-state index contributed by atoms with van der Waals surface area (Å²) in [7, 11) is 0. The normalized spacial score (nSPS) is 14.7. The molecule has 1 aliphatic heterocycles. The highest BCUT2D eigenvalue weighted by molar-refractivity contribution is 5.82. The molecule has 2 heterocycles. The van der Waals surface area contributed by atoms with Gasteiger partial charge in [-0.1, -0.05) is 0 Å². The van der Waals surface area contributed by atoms with Gasteiger partial charge in [0.05, 0.1) is 11.9 Å². The molecule has 1 atom stereocenters. The molecule has 1 fully saturated rings. The molecule has 0 spiro atoms. The van der Waals surface area contributed by atoms with Crippen LogP contribution >= 0.6 is 0 Å². The third-order valence-electron chi connectivity index (χ3n) is 4.92. The Bertz CT molecular complexity index is 1400. The molecule has 1 aliphatic rings. The Morgan fingerprint density at radius 1 is 0.976 bits per heavy atom. The van der Waals surface area contributed by atoms with Crippen LogP contribution in [0.2, 0.25) is 0 Å². The lowest BCUT2D eigenvalue weighted by Crippen LogP contribution is -2.88. The number of benzene rings is 2. The van der Waals surface area contributed by atoms with Crippen LogP contribution in [0, 0.1) is 5.82 Å². The van der Waals surface area contributed by atoms with Gasteiger partial charge in [0.15, 0.2) is 6.04 Å². The van der Waals surface area contributed by atoms with E-state index in [2.05, 4.69) is 0 Å². The largest absolute Gasteiger partial charge is 0.542 e. The second-order valence-corrected chi connectivity index (χ2v) is 7.93. The molecule has 0 amide bonds. The number of fused-ring (bicyclic) bond motifs is 1. The van der Waals surface area contributed by atoms with Gasteiger partial charge in [0.2, 0.25) is 11.2 Å². The molecule has 3 aromatic rings. The van der Waals surface area contributed by atoms with Crippen molar-refractivity contribution >= 4 is 28.9 Å². The van der Waals surface area contributed by atoms with Gasteiger partial charge >= 0.3 is 24.3 Å². The monoisotopic (exact) mass is 597 g/mol. The minimum Gasteiger partial charge on any atom is -0.542 e. The predicted octanol–water partition coefficient (Wildman–Crippen LogP) is 2.29. The van der Waals surface area contributed by atoms with Crippen LogP contribution in [0.3, 0.4) is 0 Å². The fourth-order valence-corrected chi connectivity index (χ4v) is 3.04. The SMILES string of the molecule is O=C(O)C(F)(F)F.O=C(Oc1ccc2c(=O)c(Oc3ccc(F)cc3)coc2c1)[C@@H]1CCC[NH2+]1.O=C([O-])C(F)(F)F. The summed E-state index contributed by atoms with van der Waals surface area (Å²) in [5, 5.41) is 18.2. The van der Waals surface area contributed by atoms with Crippen LogP contribution in [0.1, 0.15) is 12.8 Å². The van der Waals surface area contributed by atoms with Crippen LogP contribution in [-0.4, -0.2) is 48.0 Å². The molecule has 41 heavy (non-hydrogen) atoms. The first-order valence-corrected chi connectivity index (χ1v) is 11.1. The lowest BCUT2D eigenvalue weighted by atomic mass is 10.2. The van der Waals surface area contributed by atoms with E-state index in [1.807, 2.05) is 5.32 Å². The van der Waals surface area contributed by atoms with Gasteiger partial charge in [-0.25, -0.2) is 14.0 Å². The van der Waals surface area contributed by atoms with E-state index in [1.165, 1.54) is 42.7 Å². The van der Waals surface area contributed by atoms with Gasteiger partial charge in [-0.2, -0.15) is 26.3 Å². The lowest BCUT2D eigenvalue weighted by Gasteiger charge is -2.09. The molecule has 0 aliphatic carbocycles. The zero-order valence-electron chi connectivity index (χ0n) is 20.3. The van der Waals surface area contributed by atoms with E-state index in [-0.39, 0.29) is 28.8 Å². The van der Waals surface area contributed by atoms with Crippen molar-refractivity contribution in [2.24, 2.45) is 0 Å². The Labute approximate surface area is 223 Å². The Morgan fingerprint density at radius 3 is 2.02 bits per heavy atom. The van der Waals surface area contributed by atoms with E-state index < -0.39 is 30.1 Å². The number of esters is 1. The van der Waals surface area contributed by atoms with Gasteiger partial charge in [0.1, 0.15) is 35.1 Å². The lowest BCUT2D eigenvalue weighted by molar-refractivity contribution is -0.658. The van der Waals surface area contributed by atoms with Gasteiger partial charge in [-0.15, -0.1) is 0 Å². The van der Waals surface area contributed by atoms with E-state index in [9.17, 15) is 40.3 Å². The number of carboxylic acid groups (broad SMARTS) is 2. The summed E-state index contributed by atoms with van der Waals surface area (Å²) in [4.78, 5) is 42.4. The summed E-state index contributed by atoms with van der Waals surface area (Å²) >= 11 is 0. The van der Waals surface area contributed by atoms with E-state index in [1.54, 1.807) is 6.07 Å². The first-order chi connectivity index (χ1) is 19.0. The first-order valence-electron chi connectivity index (χ1n) is 11.1. The van der Waals surface area contributed by atoms with Crippen LogP contribution in [0.25, 0.3) is 11.0 Å². The molecule has 3 N–H and O–H groups in total. The number of ether oxygens (including phenoxy) is 2. The standard InChI is InChI=1S/C20H16FNO5.2C2HF3O2/c21-12-3-5-13(6-4-12)26-18-11-25-17-10-14(7-8-15(17)19(18)23)27-20(24)16-2-1-9-22-16;2*3-2(4,5)1(6)7/h3-8,10-11,16,22H,1-2,9H2;2*(H,6,7)/t16-;;/m0../s1. The number of hydrogen-bond acceptors (Lipinski definition) is 8. The number of carbonyl (C=O) groups excluding carboxylic acids is 2. The predicted molar refractivity (Wildman–Crippen MR) is 119 cm³/mol. The summed E-state index contributed by atoms with van der Waals surface area (Å²) in [6, 6.07) is 9.71. The third-order valence-corrected chi connectivity index (χ3v) is 4.92. The number of alkyl halides is 6. The molecule has 0 saturated carbocycles. The Morgan fingerprint density at radius 2 is 1.54 bits per heavy atom. The third kappa shape index (κ3) is 10.1. The van der Waals surface area contributed by atoms with E-state index >= 15 is 0 Å². The highest BCUT2D eigenvalue weighted by atomic mass is 19.4. The number of quaternary nitrogens is 1. The van der Waals surface area contributed by atoms with Gasteiger partial charge < -0.3 is 34.2 Å². The van der Waals surface area contributed by atoms with Crippen LogP contribution in [0.4, 0.5) is 30.7 Å². The maximum Gasteiger partial charge on any atom is 0.490 e. The molecule has 17 heteroatoms. The number of aliphatic carboxylic acids is 2. The minimum absolute atomic E-state index is 0.0144. The summed E-state index contributed by atoms with van der Waals surface area (Å²) < 4.78 is 92.6. The fourth-order valence-electron chi connectivity index (χ4n) is 3.04. The summed E-state index contributed by atoms with van der Waals surface area (Å²) in [5.74, 6) is -5.83. The highest BCUT2D eigenvalue weighted by Gasteiger charge is 2.38. The van der Waals surface area contributed by atoms with Crippen LogP contribution in [0.5, 0.6) is 17.2 Å². The van der Waals surface area contributed by atoms with E-state index in [4.69, 9.17) is 33.7 Å².